The van der Waals surface area contributed by atoms with Crippen LogP contribution in [0.2, 0.25) is 0 Å². The number of nitrogens with zero attached hydrogens (tertiary/aromatic N) is 2. The fourth-order valence-electron chi connectivity index (χ4n) is 1.58. The molecule has 0 saturated carbocycles. The third-order valence-corrected chi connectivity index (χ3v) is 3.48. The van der Waals surface area contributed by atoms with Crippen molar-refractivity contribution in [2.45, 2.75) is 5.03 Å². The Labute approximate surface area is 113 Å². The Kier molecular flexibility index (Phi) is 4.00. The Bertz CT molecular complexity index is 518. The van der Waals surface area contributed by atoms with E-state index in [0.29, 0.717) is 10.8 Å². The van der Waals surface area contributed by atoms with Crippen LogP contribution in [0.15, 0.2) is 23.4 Å². The lowest BCUT2D eigenvalue weighted by Gasteiger charge is -2.11. The van der Waals surface area contributed by atoms with Gasteiger partial charge in [0.15, 0.2) is 0 Å². The van der Waals surface area contributed by atoms with Crippen molar-refractivity contribution in [2.24, 2.45) is 0 Å². The van der Waals surface area contributed by atoms with E-state index in [1.807, 2.05) is 0 Å². The summed E-state index contributed by atoms with van der Waals surface area (Å²) in [7, 11) is 0. The van der Waals surface area contributed by atoms with E-state index in [4.69, 9.17) is 5.11 Å². The van der Waals surface area contributed by atoms with Gasteiger partial charge in [-0.25, -0.2) is 14.6 Å². The topological polar surface area (TPSA) is 99.6 Å². The number of imide groups is 1. The number of carbonyl (C=O) groups is 3. The van der Waals surface area contributed by atoms with E-state index in [2.05, 4.69) is 10.3 Å². The maximum atomic E-state index is 11.3. The summed E-state index contributed by atoms with van der Waals surface area (Å²) in [5.74, 6) is -0.924. The molecule has 0 aromatic carbocycles. The second-order valence-electron chi connectivity index (χ2n) is 3.71. The molecule has 0 radical (unpaired) electrons. The number of rotatable bonds is 5. The molecule has 1 aromatic heterocycles. The Morgan fingerprint density at radius 1 is 1.53 bits per heavy atom. The number of carbonyl (C=O) groups excluding carboxylic acids is 2. The number of aromatic nitrogens is 1. The normalized spacial score (nSPS) is 14.6. The molecule has 1 fully saturated rings. The van der Waals surface area contributed by atoms with Crippen LogP contribution in [0.1, 0.15) is 10.4 Å². The van der Waals surface area contributed by atoms with Crippen LogP contribution < -0.4 is 5.32 Å². The smallest absolute Gasteiger partial charge is 0.338 e. The molecule has 3 amide bonds. The zero-order chi connectivity index (χ0) is 13.8. The van der Waals surface area contributed by atoms with Crippen molar-refractivity contribution in [1.82, 2.24) is 15.2 Å². The second kappa shape index (κ2) is 5.70. The van der Waals surface area contributed by atoms with Crippen LogP contribution in [0.3, 0.4) is 0 Å². The minimum absolute atomic E-state index is 0.0213. The van der Waals surface area contributed by atoms with Crippen LogP contribution in [0, 0.1) is 0 Å². The molecule has 0 bridgehead atoms. The summed E-state index contributed by atoms with van der Waals surface area (Å²) in [5, 5.41) is 11.8. The molecule has 1 aliphatic heterocycles. The van der Waals surface area contributed by atoms with Crippen molar-refractivity contribution in [1.29, 1.82) is 0 Å². The quantitative estimate of drug-likeness (QED) is 0.599. The highest BCUT2D eigenvalue weighted by atomic mass is 32.2. The number of nitrogens with one attached hydrogen (secondary N) is 1. The summed E-state index contributed by atoms with van der Waals surface area (Å²) in [5.41, 5.74) is 0.115. The third-order valence-electron chi connectivity index (χ3n) is 2.49. The summed E-state index contributed by atoms with van der Waals surface area (Å²) >= 11 is 1.20. The number of carboxylic acids is 1. The van der Waals surface area contributed by atoms with E-state index in [9.17, 15) is 14.4 Å². The van der Waals surface area contributed by atoms with Gasteiger partial charge in [0.1, 0.15) is 5.03 Å². The summed E-state index contributed by atoms with van der Waals surface area (Å²) in [6.07, 6.45) is 1.50. The molecule has 8 heteroatoms. The van der Waals surface area contributed by atoms with Gasteiger partial charge in [-0.15, -0.1) is 11.8 Å². The molecule has 0 aliphatic carbocycles. The number of hydrogen-bond acceptors (Lipinski definition) is 5. The van der Waals surface area contributed by atoms with Crippen LogP contribution >= 0.6 is 11.8 Å². The summed E-state index contributed by atoms with van der Waals surface area (Å²) in [6.45, 7) is 0.248. The number of carboxylic acid groups (broad SMARTS) is 1. The number of thioether (sulfide) groups is 1. The van der Waals surface area contributed by atoms with Crippen molar-refractivity contribution >= 4 is 29.7 Å². The van der Waals surface area contributed by atoms with E-state index in [0.717, 1.165) is 4.90 Å². The second-order valence-corrected chi connectivity index (χ2v) is 4.80. The first kappa shape index (κ1) is 13.3. The predicted molar refractivity (Wildman–Crippen MR) is 67.0 cm³/mol. The average molecular weight is 281 g/mol. The van der Waals surface area contributed by atoms with Crippen LogP contribution in [0.5, 0.6) is 0 Å². The molecule has 1 saturated heterocycles. The monoisotopic (exact) mass is 281 g/mol. The van der Waals surface area contributed by atoms with Crippen molar-refractivity contribution in [3.05, 3.63) is 23.9 Å². The third kappa shape index (κ3) is 3.02. The van der Waals surface area contributed by atoms with Gasteiger partial charge >= 0.3 is 12.0 Å². The van der Waals surface area contributed by atoms with E-state index < -0.39 is 12.0 Å². The van der Waals surface area contributed by atoms with Gasteiger partial charge in [0, 0.05) is 18.5 Å². The van der Waals surface area contributed by atoms with Gasteiger partial charge in [0.25, 0.3) is 0 Å². The van der Waals surface area contributed by atoms with Gasteiger partial charge in [-0.1, -0.05) is 0 Å². The minimum atomic E-state index is -1.05. The molecule has 0 unspecified atom stereocenters. The first-order valence-electron chi connectivity index (χ1n) is 5.49. The summed E-state index contributed by atoms with van der Waals surface area (Å²) in [4.78, 5) is 38.7. The zero-order valence-corrected chi connectivity index (χ0v) is 10.6. The van der Waals surface area contributed by atoms with E-state index in [-0.39, 0.29) is 24.6 Å². The van der Waals surface area contributed by atoms with E-state index >= 15 is 0 Å². The Morgan fingerprint density at radius 2 is 2.32 bits per heavy atom. The standard InChI is InChI=1S/C11H11N3O4S/c15-8-6-13-11(18)14(8)4-5-19-9-7(10(16)17)2-1-3-12-9/h1-3H,4-6H2,(H,13,18)(H,16,17). The van der Waals surface area contributed by atoms with Gasteiger partial charge in [0.05, 0.1) is 12.1 Å². The fourth-order valence-corrected chi connectivity index (χ4v) is 2.50. The Morgan fingerprint density at radius 3 is 2.95 bits per heavy atom. The van der Waals surface area contributed by atoms with Crippen LogP contribution in [-0.2, 0) is 4.79 Å². The predicted octanol–water partition coefficient (Wildman–Crippen LogP) is 0.424. The molecule has 2 N–H and O–H groups in total. The van der Waals surface area contributed by atoms with Gasteiger partial charge in [-0.2, -0.15) is 0 Å². The lowest BCUT2D eigenvalue weighted by molar-refractivity contribution is -0.124. The highest BCUT2D eigenvalue weighted by molar-refractivity contribution is 7.99. The van der Waals surface area contributed by atoms with Gasteiger partial charge < -0.3 is 10.4 Å². The van der Waals surface area contributed by atoms with Gasteiger partial charge in [-0.3, -0.25) is 9.69 Å². The molecule has 7 nitrogen and oxygen atoms in total. The minimum Gasteiger partial charge on any atom is -0.478 e. The van der Waals surface area contributed by atoms with Crippen LogP contribution in [0.25, 0.3) is 0 Å². The molecule has 2 heterocycles. The summed E-state index contributed by atoms with van der Waals surface area (Å²) < 4.78 is 0. The fraction of sp³-hybridized carbons (Fsp3) is 0.273. The largest absolute Gasteiger partial charge is 0.478 e. The van der Waals surface area contributed by atoms with Crippen LogP contribution in [-0.4, -0.2) is 51.7 Å². The molecule has 2 rings (SSSR count). The molecule has 19 heavy (non-hydrogen) atoms. The van der Waals surface area contributed by atoms with Crippen molar-refractivity contribution < 1.29 is 19.5 Å². The van der Waals surface area contributed by atoms with E-state index in [1.54, 1.807) is 6.07 Å². The lowest BCUT2D eigenvalue weighted by Crippen LogP contribution is -2.32. The van der Waals surface area contributed by atoms with Crippen molar-refractivity contribution in [3.63, 3.8) is 0 Å². The maximum absolute atomic E-state index is 11.3. The number of pyridine rings is 1. The average Bonchev–Trinajstić information content (AvgIpc) is 2.70. The zero-order valence-electron chi connectivity index (χ0n) is 9.83. The van der Waals surface area contributed by atoms with Gasteiger partial charge in [-0.05, 0) is 12.1 Å². The lowest BCUT2D eigenvalue weighted by atomic mass is 10.3. The number of hydrogen-bond donors (Lipinski definition) is 2. The van der Waals surface area contributed by atoms with E-state index in [1.165, 1.54) is 24.0 Å². The Hall–Kier alpha value is -2.09. The summed E-state index contributed by atoms with van der Waals surface area (Å²) in [6, 6.07) is 2.60. The Balaban J connectivity index is 1.94. The van der Waals surface area contributed by atoms with Crippen molar-refractivity contribution in [3.8, 4) is 0 Å². The van der Waals surface area contributed by atoms with Gasteiger partial charge in [0.2, 0.25) is 5.91 Å². The van der Waals surface area contributed by atoms with Crippen molar-refractivity contribution in [2.75, 3.05) is 18.8 Å². The molecule has 0 spiro atoms. The SMILES string of the molecule is O=C(O)c1cccnc1SCCN1C(=O)CNC1=O. The molecule has 100 valence electrons. The highest BCUT2D eigenvalue weighted by Gasteiger charge is 2.27. The first-order chi connectivity index (χ1) is 9.09. The molecular formula is C11H11N3O4S. The molecule has 0 atom stereocenters. The van der Waals surface area contributed by atoms with Crippen LogP contribution in [0.4, 0.5) is 4.79 Å². The molecule has 1 aromatic rings. The molecule has 1 aliphatic rings. The number of urea groups is 1. The molecular weight excluding hydrogens is 270 g/mol. The first-order valence-corrected chi connectivity index (χ1v) is 6.47. The maximum Gasteiger partial charge on any atom is 0.338 e. The number of amides is 3. The highest BCUT2D eigenvalue weighted by Crippen LogP contribution is 2.20. The number of aromatic carboxylic acids is 1.